The second-order valence-electron chi connectivity index (χ2n) is 7.21. The molecule has 2 aromatic carbocycles. The molecule has 2 N–H and O–H groups in total. The molecule has 0 atom stereocenters. The van der Waals surface area contributed by atoms with Gasteiger partial charge in [0.05, 0.1) is 17.9 Å². The number of ether oxygens (including phenoxy) is 2. The molecule has 0 aliphatic rings. The van der Waals surface area contributed by atoms with Crippen LogP contribution in [0.15, 0.2) is 53.3 Å². The number of para-hydroxylation sites is 1. The number of rotatable bonds is 6. The summed E-state index contributed by atoms with van der Waals surface area (Å²) in [7, 11) is 1.73. The normalized spacial score (nSPS) is 10.8. The number of nitrogens with zero attached hydrogens (tertiary/aromatic N) is 3. The number of aryl methyl sites for hydroxylation is 2. The zero-order valence-electron chi connectivity index (χ0n) is 18.0. The van der Waals surface area contributed by atoms with Crippen LogP contribution in [0.4, 0.5) is 10.5 Å². The number of hydrogen-bond donors (Lipinski definition) is 2. The second kappa shape index (κ2) is 8.93. The number of H-pyrrole nitrogens is 1. The minimum atomic E-state index is -0.636. The third kappa shape index (κ3) is 4.31. The SMILES string of the molecule is CCCOc1ccc(NC(=O)Oc2ccccc2)cc1-c1nc2c(c(C)nn2C)c(=O)[nH]1. The van der Waals surface area contributed by atoms with Crippen LogP contribution in [0, 0.1) is 6.92 Å². The molecule has 4 aromatic rings. The lowest BCUT2D eigenvalue weighted by molar-refractivity contribution is 0.215. The molecule has 2 heterocycles. The van der Waals surface area contributed by atoms with E-state index in [2.05, 4.69) is 20.4 Å². The average molecular weight is 433 g/mol. The van der Waals surface area contributed by atoms with E-state index in [4.69, 9.17) is 9.47 Å². The lowest BCUT2D eigenvalue weighted by atomic mass is 10.1. The van der Waals surface area contributed by atoms with Crippen LogP contribution in [0.2, 0.25) is 0 Å². The summed E-state index contributed by atoms with van der Waals surface area (Å²) in [6.45, 7) is 4.25. The molecule has 0 aliphatic heterocycles. The lowest BCUT2D eigenvalue weighted by Gasteiger charge is -2.13. The van der Waals surface area contributed by atoms with E-state index in [0.29, 0.717) is 51.9 Å². The van der Waals surface area contributed by atoms with Crippen molar-refractivity contribution < 1.29 is 14.3 Å². The van der Waals surface area contributed by atoms with E-state index in [0.717, 1.165) is 6.42 Å². The first-order valence-electron chi connectivity index (χ1n) is 10.2. The molecular formula is C23H23N5O4. The molecular weight excluding hydrogens is 410 g/mol. The summed E-state index contributed by atoms with van der Waals surface area (Å²) in [6.07, 6.45) is 0.177. The summed E-state index contributed by atoms with van der Waals surface area (Å²) in [5.74, 6) is 1.28. The van der Waals surface area contributed by atoms with Gasteiger partial charge < -0.3 is 14.5 Å². The smallest absolute Gasteiger partial charge is 0.417 e. The van der Waals surface area contributed by atoms with Crippen LogP contribution >= 0.6 is 0 Å². The standard InChI is InChI=1S/C23H23N5O4/c1-4-12-31-18-11-10-15(24-23(30)32-16-8-6-5-7-9-16)13-17(18)20-25-21-19(22(29)26-20)14(2)27-28(21)3/h5-11,13H,4,12H2,1-3H3,(H,24,30)(H,25,26,29). The van der Waals surface area contributed by atoms with Gasteiger partial charge in [-0.1, -0.05) is 25.1 Å². The molecule has 0 spiro atoms. The molecule has 0 radical (unpaired) electrons. The summed E-state index contributed by atoms with van der Waals surface area (Å²) in [5, 5.41) is 7.42. The largest absolute Gasteiger partial charge is 0.493 e. The van der Waals surface area contributed by atoms with Crippen molar-refractivity contribution in [3.05, 3.63) is 64.6 Å². The highest BCUT2D eigenvalue weighted by Crippen LogP contribution is 2.31. The van der Waals surface area contributed by atoms with Gasteiger partial charge in [-0.3, -0.25) is 10.1 Å². The first-order chi connectivity index (χ1) is 15.5. The molecule has 0 aliphatic carbocycles. The molecule has 0 fully saturated rings. The number of anilines is 1. The molecule has 32 heavy (non-hydrogen) atoms. The highest BCUT2D eigenvalue weighted by Gasteiger charge is 2.17. The van der Waals surface area contributed by atoms with Crippen LogP contribution in [0.1, 0.15) is 19.0 Å². The van der Waals surface area contributed by atoms with Crippen molar-refractivity contribution in [1.29, 1.82) is 0 Å². The van der Waals surface area contributed by atoms with E-state index in [1.54, 1.807) is 61.1 Å². The first kappa shape index (κ1) is 21.1. The third-order valence-corrected chi connectivity index (χ3v) is 4.77. The van der Waals surface area contributed by atoms with Gasteiger partial charge in [0.15, 0.2) is 5.65 Å². The number of amides is 1. The van der Waals surface area contributed by atoms with Crippen molar-refractivity contribution in [2.24, 2.45) is 7.05 Å². The molecule has 9 heteroatoms. The molecule has 0 saturated carbocycles. The predicted molar refractivity (Wildman–Crippen MR) is 121 cm³/mol. The van der Waals surface area contributed by atoms with E-state index in [1.165, 1.54) is 0 Å². The fourth-order valence-corrected chi connectivity index (χ4v) is 3.34. The van der Waals surface area contributed by atoms with Gasteiger partial charge in [-0.15, -0.1) is 0 Å². The highest BCUT2D eigenvalue weighted by molar-refractivity contribution is 5.88. The molecule has 9 nitrogen and oxygen atoms in total. The summed E-state index contributed by atoms with van der Waals surface area (Å²) in [6, 6.07) is 13.9. The van der Waals surface area contributed by atoms with Crippen LogP contribution < -0.4 is 20.3 Å². The third-order valence-electron chi connectivity index (χ3n) is 4.77. The van der Waals surface area contributed by atoms with Crippen LogP contribution in [0.3, 0.4) is 0 Å². The van der Waals surface area contributed by atoms with Gasteiger partial charge in [-0.05, 0) is 43.7 Å². The van der Waals surface area contributed by atoms with Crippen molar-refractivity contribution in [2.75, 3.05) is 11.9 Å². The monoisotopic (exact) mass is 433 g/mol. The number of fused-ring (bicyclic) bond motifs is 1. The number of aromatic amines is 1. The zero-order chi connectivity index (χ0) is 22.7. The van der Waals surface area contributed by atoms with Crippen LogP contribution in [0.25, 0.3) is 22.4 Å². The number of nitrogens with one attached hydrogen (secondary N) is 2. The van der Waals surface area contributed by atoms with Crippen molar-refractivity contribution >= 4 is 22.8 Å². The summed E-state index contributed by atoms with van der Waals surface area (Å²) >= 11 is 0. The quantitative estimate of drug-likeness (QED) is 0.475. The maximum Gasteiger partial charge on any atom is 0.417 e. The minimum absolute atomic E-state index is 0.293. The second-order valence-corrected chi connectivity index (χ2v) is 7.21. The summed E-state index contributed by atoms with van der Waals surface area (Å²) in [4.78, 5) is 32.5. The van der Waals surface area contributed by atoms with Gasteiger partial charge in [0, 0.05) is 12.7 Å². The highest BCUT2D eigenvalue weighted by atomic mass is 16.6. The van der Waals surface area contributed by atoms with Gasteiger partial charge in [0.1, 0.15) is 22.7 Å². The van der Waals surface area contributed by atoms with Gasteiger partial charge in [-0.2, -0.15) is 5.10 Å². The molecule has 164 valence electrons. The molecule has 0 bridgehead atoms. The Kier molecular flexibility index (Phi) is 5.89. The number of hydrogen-bond acceptors (Lipinski definition) is 6. The van der Waals surface area contributed by atoms with Crippen molar-refractivity contribution in [3.8, 4) is 22.9 Å². The summed E-state index contributed by atoms with van der Waals surface area (Å²) < 4.78 is 12.7. The van der Waals surface area contributed by atoms with Crippen LogP contribution in [0.5, 0.6) is 11.5 Å². The van der Waals surface area contributed by atoms with E-state index in [9.17, 15) is 9.59 Å². The Morgan fingerprint density at radius 2 is 1.97 bits per heavy atom. The molecule has 4 rings (SSSR count). The van der Waals surface area contributed by atoms with Crippen molar-refractivity contribution in [2.45, 2.75) is 20.3 Å². The Labute approximate surface area is 184 Å². The molecule has 1 amide bonds. The fraction of sp³-hybridized carbons (Fsp3) is 0.217. The number of aromatic nitrogens is 4. The Morgan fingerprint density at radius 3 is 2.72 bits per heavy atom. The maximum atomic E-state index is 12.7. The van der Waals surface area contributed by atoms with Crippen LogP contribution in [-0.4, -0.2) is 32.4 Å². The van der Waals surface area contributed by atoms with Crippen molar-refractivity contribution in [3.63, 3.8) is 0 Å². The lowest BCUT2D eigenvalue weighted by Crippen LogP contribution is -2.17. The van der Waals surface area contributed by atoms with E-state index in [1.807, 2.05) is 13.0 Å². The maximum absolute atomic E-state index is 12.7. The van der Waals surface area contributed by atoms with Crippen LogP contribution in [-0.2, 0) is 7.05 Å². The molecule has 2 aromatic heterocycles. The molecule has 0 unspecified atom stereocenters. The topological polar surface area (TPSA) is 111 Å². The minimum Gasteiger partial charge on any atom is -0.493 e. The van der Waals surface area contributed by atoms with E-state index < -0.39 is 6.09 Å². The van der Waals surface area contributed by atoms with E-state index in [-0.39, 0.29) is 5.56 Å². The number of benzene rings is 2. The molecule has 0 saturated heterocycles. The fourth-order valence-electron chi connectivity index (χ4n) is 3.34. The Balaban J connectivity index is 1.71. The van der Waals surface area contributed by atoms with E-state index >= 15 is 0 Å². The Hall–Kier alpha value is -4.14. The Morgan fingerprint density at radius 1 is 1.19 bits per heavy atom. The van der Waals surface area contributed by atoms with Gasteiger partial charge in [-0.25, -0.2) is 14.5 Å². The first-order valence-corrected chi connectivity index (χ1v) is 10.2. The van der Waals surface area contributed by atoms with Gasteiger partial charge >= 0.3 is 6.09 Å². The van der Waals surface area contributed by atoms with Crippen molar-refractivity contribution in [1.82, 2.24) is 19.7 Å². The number of carbonyl (C=O) groups is 1. The zero-order valence-corrected chi connectivity index (χ0v) is 18.0. The number of carbonyl (C=O) groups excluding carboxylic acids is 1. The van der Waals surface area contributed by atoms with Gasteiger partial charge in [0.25, 0.3) is 5.56 Å². The summed E-state index contributed by atoms with van der Waals surface area (Å²) in [5.41, 5.74) is 1.77. The Bertz CT molecular complexity index is 1330. The average Bonchev–Trinajstić information content (AvgIpc) is 3.07. The van der Waals surface area contributed by atoms with Gasteiger partial charge in [0.2, 0.25) is 0 Å². The predicted octanol–water partition coefficient (Wildman–Crippen LogP) is 4.03.